The van der Waals surface area contributed by atoms with Gasteiger partial charge in [0.05, 0.1) is 24.0 Å². The van der Waals surface area contributed by atoms with Crippen molar-refractivity contribution in [1.82, 2.24) is 4.90 Å². The van der Waals surface area contributed by atoms with Crippen LogP contribution in [0.4, 0.5) is 11.4 Å². The topological polar surface area (TPSA) is 52.7 Å². The average molecular weight is 444 g/mol. The first-order chi connectivity index (χ1) is 15.9. The second-order valence-electron chi connectivity index (χ2n) is 10.4. The van der Waals surface area contributed by atoms with Crippen molar-refractivity contribution in [3.63, 3.8) is 0 Å². The zero-order valence-electron chi connectivity index (χ0n) is 19.6. The van der Waals surface area contributed by atoms with Crippen LogP contribution in [-0.2, 0) is 9.59 Å². The molecule has 33 heavy (non-hydrogen) atoms. The van der Waals surface area contributed by atoms with Gasteiger partial charge in [0, 0.05) is 30.8 Å². The number of Topliss-reactive ketones (excluding diaryl/α,β-unsaturated/α-hetero) is 1. The van der Waals surface area contributed by atoms with Gasteiger partial charge >= 0.3 is 0 Å². The zero-order chi connectivity index (χ0) is 23.0. The van der Waals surface area contributed by atoms with Crippen LogP contribution in [0.15, 0.2) is 65.9 Å². The number of allylic oxidation sites excluding steroid dienone is 1. The van der Waals surface area contributed by atoms with E-state index in [-0.39, 0.29) is 29.7 Å². The lowest BCUT2D eigenvalue weighted by Crippen LogP contribution is -2.45. The van der Waals surface area contributed by atoms with Gasteiger partial charge in [-0.15, -0.1) is 0 Å². The van der Waals surface area contributed by atoms with Crippen LogP contribution in [0, 0.1) is 5.41 Å². The quantitative estimate of drug-likeness (QED) is 0.698. The number of hydrogen-bond donors (Lipinski definition) is 1. The van der Waals surface area contributed by atoms with Crippen LogP contribution in [0.25, 0.3) is 0 Å². The molecule has 1 atom stereocenters. The molecule has 5 rings (SSSR count). The Kier molecular flexibility index (Phi) is 5.73. The van der Waals surface area contributed by atoms with E-state index in [1.165, 1.54) is 6.42 Å². The van der Waals surface area contributed by atoms with Crippen molar-refractivity contribution in [3.8, 4) is 0 Å². The van der Waals surface area contributed by atoms with Crippen LogP contribution < -0.4 is 10.2 Å². The Morgan fingerprint density at radius 3 is 2.42 bits per heavy atom. The SMILES string of the molecule is CC1(C)CC(=O)C2=C(C1)Nc1ccccc1N(CC(=O)N1CCCCC1)C2c1ccccc1. The summed E-state index contributed by atoms with van der Waals surface area (Å²) in [7, 11) is 0. The molecule has 2 aromatic rings. The van der Waals surface area contributed by atoms with Gasteiger partial charge in [0.25, 0.3) is 0 Å². The molecule has 1 unspecified atom stereocenters. The number of para-hydroxylation sites is 2. The molecule has 2 heterocycles. The van der Waals surface area contributed by atoms with Gasteiger partial charge in [-0.05, 0) is 48.8 Å². The van der Waals surface area contributed by atoms with Gasteiger partial charge in [-0.1, -0.05) is 56.3 Å². The predicted octanol–water partition coefficient (Wildman–Crippen LogP) is 5.32. The largest absolute Gasteiger partial charge is 0.357 e. The van der Waals surface area contributed by atoms with E-state index in [2.05, 4.69) is 48.3 Å². The van der Waals surface area contributed by atoms with Gasteiger partial charge in [0.1, 0.15) is 0 Å². The Bertz CT molecular complexity index is 1080. The number of nitrogens with zero attached hydrogens (tertiary/aromatic N) is 2. The van der Waals surface area contributed by atoms with Crippen LogP contribution in [-0.4, -0.2) is 36.2 Å². The number of fused-ring (bicyclic) bond motifs is 1. The highest BCUT2D eigenvalue weighted by Crippen LogP contribution is 2.48. The fraction of sp³-hybridized carbons (Fsp3) is 0.429. The third kappa shape index (κ3) is 4.29. The monoisotopic (exact) mass is 443 g/mol. The Balaban J connectivity index is 1.65. The molecular weight excluding hydrogens is 410 g/mol. The zero-order valence-corrected chi connectivity index (χ0v) is 19.6. The molecule has 0 radical (unpaired) electrons. The van der Waals surface area contributed by atoms with Gasteiger partial charge in [-0.2, -0.15) is 0 Å². The minimum absolute atomic E-state index is 0.0993. The van der Waals surface area contributed by atoms with Crippen LogP contribution in [0.5, 0.6) is 0 Å². The Morgan fingerprint density at radius 1 is 0.970 bits per heavy atom. The predicted molar refractivity (Wildman–Crippen MR) is 132 cm³/mol. The number of rotatable bonds is 3. The summed E-state index contributed by atoms with van der Waals surface area (Å²) in [5.74, 6) is 0.309. The number of amides is 1. The summed E-state index contributed by atoms with van der Waals surface area (Å²) in [6.07, 6.45) is 4.64. The van der Waals surface area contributed by atoms with E-state index in [4.69, 9.17) is 0 Å². The molecule has 2 aliphatic heterocycles. The lowest BCUT2D eigenvalue weighted by molar-refractivity contribution is -0.130. The van der Waals surface area contributed by atoms with Gasteiger partial charge in [0.2, 0.25) is 5.91 Å². The Morgan fingerprint density at radius 2 is 1.67 bits per heavy atom. The number of carbonyl (C=O) groups excluding carboxylic acids is 2. The van der Waals surface area contributed by atoms with E-state index in [9.17, 15) is 9.59 Å². The summed E-state index contributed by atoms with van der Waals surface area (Å²) >= 11 is 0. The summed E-state index contributed by atoms with van der Waals surface area (Å²) in [5.41, 5.74) is 4.67. The number of benzene rings is 2. The fourth-order valence-corrected chi connectivity index (χ4v) is 5.60. The maximum atomic E-state index is 13.6. The normalized spacial score (nSPS) is 22.2. The number of hydrogen-bond acceptors (Lipinski definition) is 4. The van der Waals surface area contributed by atoms with Crippen molar-refractivity contribution in [3.05, 3.63) is 71.4 Å². The molecule has 0 spiro atoms. The van der Waals surface area contributed by atoms with Crippen molar-refractivity contribution in [2.75, 3.05) is 29.9 Å². The highest BCUT2D eigenvalue weighted by Gasteiger charge is 2.42. The van der Waals surface area contributed by atoms with Gasteiger partial charge in [-0.25, -0.2) is 0 Å². The molecule has 0 saturated carbocycles. The van der Waals surface area contributed by atoms with Crippen LogP contribution in [0.1, 0.15) is 57.6 Å². The van der Waals surface area contributed by atoms with Gasteiger partial charge in [0.15, 0.2) is 5.78 Å². The van der Waals surface area contributed by atoms with Crippen molar-refractivity contribution in [2.24, 2.45) is 5.41 Å². The minimum atomic E-state index is -0.297. The fourth-order valence-electron chi connectivity index (χ4n) is 5.60. The highest BCUT2D eigenvalue weighted by atomic mass is 16.2. The smallest absolute Gasteiger partial charge is 0.242 e. The van der Waals surface area contributed by atoms with E-state index >= 15 is 0 Å². The Labute approximate surface area is 196 Å². The van der Waals surface area contributed by atoms with Crippen molar-refractivity contribution in [2.45, 2.75) is 52.0 Å². The maximum absolute atomic E-state index is 13.6. The lowest BCUT2D eigenvalue weighted by atomic mass is 9.73. The number of anilines is 2. The second kappa shape index (κ2) is 8.69. The minimum Gasteiger partial charge on any atom is -0.357 e. The molecule has 5 heteroatoms. The van der Waals surface area contributed by atoms with Crippen LogP contribution >= 0.6 is 0 Å². The average Bonchev–Trinajstić information content (AvgIpc) is 2.94. The number of nitrogens with one attached hydrogen (secondary N) is 1. The molecular formula is C28H33N3O2. The molecule has 172 valence electrons. The Hall–Kier alpha value is -3.08. The molecule has 1 N–H and O–H groups in total. The maximum Gasteiger partial charge on any atom is 0.242 e. The van der Waals surface area contributed by atoms with Gasteiger partial charge in [-0.3, -0.25) is 9.59 Å². The third-order valence-electron chi connectivity index (χ3n) is 7.13. The first kappa shape index (κ1) is 21.7. The highest BCUT2D eigenvalue weighted by molar-refractivity contribution is 6.01. The molecule has 5 nitrogen and oxygen atoms in total. The molecule has 3 aliphatic rings. The third-order valence-corrected chi connectivity index (χ3v) is 7.13. The summed E-state index contributed by atoms with van der Waals surface area (Å²) in [4.78, 5) is 31.3. The molecule has 0 bridgehead atoms. The molecule has 2 aromatic carbocycles. The van der Waals surface area contributed by atoms with E-state index in [1.807, 2.05) is 35.2 Å². The molecule has 1 aliphatic carbocycles. The first-order valence-electron chi connectivity index (χ1n) is 12.1. The van der Waals surface area contributed by atoms with Crippen molar-refractivity contribution < 1.29 is 9.59 Å². The first-order valence-corrected chi connectivity index (χ1v) is 12.1. The van der Waals surface area contributed by atoms with Crippen LogP contribution in [0.3, 0.4) is 0 Å². The van der Waals surface area contributed by atoms with E-state index in [0.717, 1.165) is 60.6 Å². The van der Waals surface area contributed by atoms with E-state index in [1.54, 1.807) is 0 Å². The summed E-state index contributed by atoms with van der Waals surface area (Å²) < 4.78 is 0. The molecule has 1 saturated heterocycles. The van der Waals surface area contributed by atoms with E-state index < -0.39 is 0 Å². The molecule has 1 amide bonds. The van der Waals surface area contributed by atoms with Crippen molar-refractivity contribution in [1.29, 1.82) is 0 Å². The second-order valence-corrected chi connectivity index (χ2v) is 10.4. The van der Waals surface area contributed by atoms with Crippen molar-refractivity contribution >= 4 is 23.1 Å². The molecule has 1 fully saturated rings. The number of likely N-dealkylation sites (tertiary alicyclic amines) is 1. The number of ketones is 1. The molecule has 0 aromatic heterocycles. The van der Waals surface area contributed by atoms with Gasteiger partial charge < -0.3 is 15.1 Å². The summed E-state index contributed by atoms with van der Waals surface area (Å²) in [5, 5.41) is 3.62. The number of piperidine rings is 1. The summed E-state index contributed by atoms with van der Waals surface area (Å²) in [6, 6.07) is 18.0. The standard InChI is InChI=1S/C28H33N3O2/c1-28(2)17-22-26(24(32)18-28)27(20-11-5-3-6-12-20)31(23-14-8-7-13-21(23)29-22)19-25(33)30-15-9-4-10-16-30/h3,5-8,11-14,27,29H,4,9-10,15-19H2,1-2H3. The van der Waals surface area contributed by atoms with E-state index in [0.29, 0.717) is 6.42 Å². The lowest BCUT2D eigenvalue weighted by Gasteiger charge is -2.39. The van der Waals surface area contributed by atoms with Crippen LogP contribution in [0.2, 0.25) is 0 Å². The summed E-state index contributed by atoms with van der Waals surface area (Å²) in [6.45, 7) is 6.21. The number of carbonyl (C=O) groups is 2.